The highest BCUT2D eigenvalue weighted by Gasteiger charge is 2.31. The van der Waals surface area contributed by atoms with E-state index in [9.17, 15) is 13.3 Å². The first-order valence-corrected chi connectivity index (χ1v) is 7.91. The Bertz CT molecular complexity index is 576. The summed E-state index contributed by atoms with van der Waals surface area (Å²) in [7, 11) is 0. The van der Waals surface area contributed by atoms with Crippen molar-refractivity contribution in [1.82, 2.24) is 4.72 Å². The number of halogens is 2. The second-order valence-corrected chi connectivity index (χ2v) is 7.84. The number of rotatable bonds is 3. The highest BCUT2D eigenvalue weighted by Crippen LogP contribution is 2.33. The molecule has 114 valence electrons. The molecule has 1 atom stereocenters. The van der Waals surface area contributed by atoms with Crippen molar-refractivity contribution in [2.45, 2.75) is 38.4 Å². The van der Waals surface area contributed by atoms with Gasteiger partial charge in [0.25, 0.3) is 6.43 Å². The van der Waals surface area contributed by atoms with Gasteiger partial charge < -0.3 is 4.55 Å². The fourth-order valence-electron chi connectivity index (χ4n) is 2.08. The quantitative estimate of drug-likeness (QED) is 0.852. The molecule has 0 radical (unpaired) electrons. The summed E-state index contributed by atoms with van der Waals surface area (Å²) >= 11 is -1.58. The lowest BCUT2D eigenvalue weighted by molar-refractivity contribution is 0.185. The topological polar surface area (TPSA) is 35.1 Å². The van der Waals surface area contributed by atoms with Gasteiger partial charge in [0.1, 0.15) is 10.4 Å². The minimum atomic E-state index is -2.69. The van der Waals surface area contributed by atoms with Crippen LogP contribution in [0, 0.1) is 0 Å². The van der Waals surface area contributed by atoms with Crippen LogP contribution >= 0.6 is 0 Å². The van der Waals surface area contributed by atoms with Gasteiger partial charge in [0.15, 0.2) is 0 Å². The summed E-state index contributed by atoms with van der Waals surface area (Å²) in [5.41, 5.74) is 1.95. The maximum Gasteiger partial charge on any atom is 0.282 e. The fraction of sp³-hybridized carbons (Fsp3) is 0.375. The molecule has 0 aliphatic heterocycles. The van der Waals surface area contributed by atoms with Crippen molar-refractivity contribution in [1.29, 1.82) is 0 Å². The van der Waals surface area contributed by atoms with Crippen LogP contribution in [-0.4, -0.2) is 15.7 Å². The lowest BCUT2D eigenvalue weighted by atomic mass is 9.91. The molecule has 0 saturated carbocycles. The third-order valence-electron chi connectivity index (χ3n) is 3.21. The highest BCUT2D eigenvalue weighted by molar-refractivity contribution is 7.90. The van der Waals surface area contributed by atoms with Crippen LogP contribution in [0.4, 0.5) is 8.78 Å². The molecule has 5 heteroatoms. The van der Waals surface area contributed by atoms with E-state index in [1.165, 1.54) is 0 Å². The summed E-state index contributed by atoms with van der Waals surface area (Å²) in [5, 5.41) is 0. The van der Waals surface area contributed by atoms with Gasteiger partial charge in [0, 0.05) is 0 Å². The number of alkyl halides is 2. The van der Waals surface area contributed by atoms with E-state index in [1.54, 1.807) is 20.8 Å². The van der Waals surface area contributed by atoms with Crippen LogP contribution in [0.15, 0.2) is 36.0 Å². The molecular weight excluding hydrogens is 292 g/mol. The molecule has 0 saturated heterocycles. The van der Waals surface area contributed by atoms with E-state index < -0.39 is 22.5 Å². The Balaban J connectivity index is 2.44. The summed E-state index contributed by atoms with van der Waals surface area (Å²) in [6.45, 7) is 5.25. The standard InChI is InChI=1S/C16H19F2NOS/c1-16(2,3)21(20)19-14(15(17)18)13-10-6-8-11-7-4-5-9-12(11)13/h4-9,15,19H,10H2,1-3H3. The first kappa shape index (κ1) is 16.0. The monoisotopic (exact) mass is 311 g/mol. The number of hydrogen-bond donors (Lipinski definition) is 1. The fourth-order valence-corrected chi connectivity index (χ4v) is 2.79. The van der Waals surface area contributed by atoms with Gasteiger partial charge in [-0.3, -0.25) is 0 Å². The van der Waals surface area contributed by atoms with E-state index in [4.69, 9.17) is 0 Å². The van der Waals surface area contributed by atoms with Gasteiger partial charge in [-0.25, -0.2) is 13.5 Å². The molecule has 1 aromatic carbocycles. The Hall–Kier alpha value is -1.33. The van der Waals surface area contributed by atoms with E-state index >= 15 is 0 Å². The second-order valence-electron chi connectivity index (χ2n) is 5.87. The summed E-state index contributed by atoms with van der Waals surface area (Å²) in [6, 6.07) is 7.39. The van der Waals surface area contributed by atoms with E-state index in [1.807, 2.05) is 36.4 Å². The Labute approximate surface area is 127 Å². The van der Waals surface area contributed by atoms with Crippen LogP contribution in [0.25, 0.3) is 11.6 Å². The largest absolute Gasteiger partial charge is 0.593 e. The van der Waals surface area contributed by atoms with Crippen LogP contribution < -0.4 is 4.72 Å². The second kappa shape index (κ2) is 6.20. The maximum absolute atomic E-state index is 13.4. The van der Waals surface area contributed by atoms with E-state index in [-0.39, 0.29) is 5.70 Å². The maximum atomic E-state index is 13.4. The lowest BCUT2D eigenvalue weighted by Gasteiger charge is -2.27. The van der Waals surface area contributed by atoms with Crippen LogP contribution in [0.3, 0.4) is 0 Å². The number of benzene rings is 1. The predicted octanol–water partition coefficient (Wildman–Crippen LogP) is 4.13. The smallest absolute Gasteiger partial charge is 0.282 e. The van der Waals surface area contributed by atoms with Crippen LogP contribution in [0.1, 0.15) is 38.3 Å². The third-order valence-corrected chi connectivity index (χ3v) is 4.73. The first-order chi connectivity index (χ1) is 9.80. The Morgan fingerprint density at radius 2 is 1.95 bits per heavy atom. The van der Waals surface area contributed by atoms with Crippen LogP contribution in [0.5, 0.6) is 0 Å². The zero-order valence-corrected chi connectivity index (χ0v) is 13.1. The number of allylic oxidation sites excluding steroid dienone is 3. The van der Waals surface area contributed by atoms with Crippen molar-refractivity contribution >= 4 is 23.0 Å². The summed E-state index contributed by atoms with van der Waals surface area (Å²) in [5.74, 6) is 0. The average molecular weight is 311 g/mol. The highest BCUT2D eigenvalue weighted by atomic mass is 32.2. The molecule has 0 aromatic heterocycles. The molecule has 1 unspecified atom stereocenters. The van der Waals surface area contributed by atoms with E-state index in [0.29, 0.717) is 12.0 Å². The molecule has 1 N–H and O–H groups in total. The average Bonchev–Trinajstić information content (AvgIpc) is 2.42. The molecule has 0 fully saturated rings. The van der Waals surface area contributed by atoms with Gasteiger partial charge >= 0.3 is 0 Å². The van der Waals surface area contributed by atoms with Crippen LogP contribution in [0.2, 0.25) is 0 Å². The summed E-state index contributed by atoms with van der Waals surface area (Å²) in [6.07, 6.45) is 1.49. The molecule has 2 rings (SSSR count). The van der Waals surface area contributed by atoms with Crippen molar-refractivity contribution in [2.24, 2.45) is 0 Å². The number of nitrogens with one attached hydrogen (secondary N) is 1. The molecule has 0 heterocycles. The van der Waals surface area contributed by atoms with Crippen molar-refractivity contribution in [3.05, 3.63) is 47.2 Å². The summed E-state index contributed by atoms with van der Waals surface area (Å²) < 4.78 is 41.0. The Kier molecular flexibility index (Phi) is 4.74. The molecule has 1 aromatic rings. The zero-order valence-electron chi connectivity index (χ0n) is 12.3. The van der Waals surface area contributed by atoms with Crippen LogP contribution in [-0.2, 0) is 11.4 Å². The Morgan fingerprint density at radius 1 is 1.29 bits per heavy atom. The van der Waals surface area contributed by atoms with Gasteiger partial charge in [-0.2, -0.15) is 0 Å². The van der Waals surface area contributed by atoms with Gasteiger partial charge in [0.2, 0.25) is 0 Å². The van der Waals surface area contributed by atoms with Gasteiger partial charge in [-0.15, -0.1) is 0 Å². The normalized spacial score (nSPS) is 18.4. The molecule has 1 aliphatic carbocycles. The van der Waals surface area contributed by atoms with E-state index in [0.717, 1.165) is 11.1 Å². The van der Waals surface area contributed by atoms with Crippen molar-refractivity contribution < 1.29 is 13.3 Å². The lowest BCUT2D eigenvalue weighted by Crippen LogP contribution is -2.40. The summed E-state index contributed by atoms with van der Waals surface area (Å²) in [4.78, 5) is 0. The molecule has 0 spiro atoms. The van der Waals surface area contributed by atoms with Gasteiger partial charge in [-0.1, -0.05) is 36.4 Å². The molecule has 0 amide bonds. The molecule has 21 heavy (non-hydrogen) atoms. The SMILES string of the molecule is CC(C)(C)[S+]([O-])NC(=C1CC=Cc2ccccc21)C(F)F. The van der Waals surface area contributed by atoms with Crippen molar-refractivity contribution in [3.8, 4) is 0 Å². The number of hydrogen-bond acceptors (Lipinski definition) is 2. The molecule has 0 bridgehead atoms. The molecule has 1 aliphatic rings. The first-order valence-electron chi connectivity index (χ1n) is 6.76. The molecule has 2 nitrogen and oxygen atoms in total. The third kappa shape index (κ3) is 3.66. The minimum Gasteiger partial charge on any atom is -0.593 e. The van der Waals surface area contributed by atoms with Crippen molar-refractivity contribution in [3.63, 3.8) is 0 Å². The van der Waals surface area contributed by atoms with Crippen molar-refractivity contribution in [2.75, 3.05) is 0 Å². The van der Waals surface area contributed by atoms with Gasteiger partial charge in [-0.05, 0) is 43.9 Å². The van der Waals surface area contributed by atoms with E-state index in [2.05, 4.69) is 4.72 Å². The Morgan fingerprint density at radius 3 is 2.57 bits per heavy atom. The predicted molar refractivity (Wildman–Crippen MR) is 84.0 cm³/mol. The van der Waals surface area contributed by atoms with Gasteiger partial charge in [0.05, 0.1) is 11.4 Å². The number of fused-ring (bicyclic) bond motifs is 1. The minimum absolute atomic E-state index is 0.236. The molecular formula is C16H19F2NOS. The zero-order chi connectivity index (χ0) is 15.6.